The predicted molar refractivity (Wildman–Crippen MR) is 68.1 cm³/mol. The minimum atomic E-state index is -1.58. The van der Waals surface area contributed by atoms with Crippen molar-refractivity contribution in [3.05, 3.63) is 64.5 Å². The summed E-state index contributed by atoms with van der Waals surface area (Å²) in [4.78, 5) is 0. The molecule has 0 spiro atoms. The van der Waals surface area contributed by atoms with Crippen molar-refractivity contribution in [1.29, 1.82) is 0 Å². The maximum Gasteiger partial charge on any atom is 0.133 e. The molecular formula is C15H13F3O2. The van der Waals surface area contributed by atoms with Crippen LogP contribution in [0.15, 0.2) is 30.3 Å². The Balaban J connectivity index is 2.57. The SMILES string of the molecule is COc1cccc(F)c1C(O)c1cc(C)c(F)cc1F. The molecule has 0 aliphatic rings. The molecule has 0 aromatic heterocycles. The summed E-state index contributed by atoms with van der Waals surface area (Å²) in [6.07, 6.45) is -1.58. The second-order valence-electron chi connectivity index (χ2n) is 4.38. The number of aryl methyl sites for hydroxylation is 1. The molecule has 106 valence electrons. The van der Waals surface area contributed by atoms with Gasteiger partial charge in [-0.2, -0.15) is 0 Å². The fourth-order valence-electron chi connectivity index (χ4n) is 2.01. The highest BCUT2D eigenvalue weighted by atomic mass is 19.1. The second-order valence-corrected chi connectivity index (χ2v) is 4.38. The number of hydrogen-bond acceptors (Lipinski definition) is 2. The number of aliphatic hydroxyl groups is 1. The van der Waals surface area contributed by atoms with E-state index in [0.29, 0.717) is 6.07 Å². The van der Waals surface area contributed by atoms with Gasteiger partial charge in [-0.15, -0.1) is 0 Å². The summed E-state index contributed by atoms with van der Waals surface area (Å²) in [5.41, 5.74) is -0.219. The fraction of sp³-hybridized carbons (Fsp3) is 0.200. The third-order valence-electron chi connectivity index (χ3n) is 3.08. The average molecular weight is 282 g/mol. The summed E-state index contributed by atoms with van der Waals surface area (Å²) in [7, 11) is 1.32. The summed E-state index contributed by atoms with van der Waals surface area (Å²) in [5.74, 6) is -2.29. The number of aliphatic hydroxyl groups excluding tert-OH is 1. The third kappa shape index (κ3) is 2.49. The van der Waals surface area contributed by atoms with Gasteiger partial charge in [0.2, 0.25) is 0 Å². The van der Waals surface area contributed by atoms with Gasteiger partial charge in [-0.1, -0.05) is 6.07 Å². The van der Waals surface area contributed by atoms with Crippen LogP contribution in [0.2, 0.25) is 0 Å². The highest BCUT2D eigenvalue weighted by molar-refractivity contribution is 5.42. The first kappa shape index (κ1) is 14.4. The van der Waals surface area contributed by atoms with Crippen LogP contribution in [0.5, 0.6) is 5.75 Å². The number of halogens is 3. The third-order valence-corrected chi connectivity index (χ3v) is 3.08. The van der Waals surface area contributed by atoms with Crippen molar-refractivity contribution in [2.45, 2.75) is 13.0 Å². The van der Waals surface area contributed by atoms with E-state index in [2.05, 4.69) is 0 Å². The van der Waals surface area contributed by atoms with Gasteiger partial charge in [0.05, 0.1) is 12.7 Å². The Morgan fingerprint density at radius 3 is 2.40 bits per heavy atom. The first-order valence-electron chi connectivity index (χ1n) is 5.91. The Morgan fingerprint density at radius 1 is 1.05 bits per heavy atom. The Morgan fingerprint density at radius 2 is 1.75 bits per heavy atom. The van der Waals surface area contributed by atoms with Gasteiger partial charge in [0.15, 0.2) is 0 Å². The quantitative estimate of drug-likeness (QED) is 0.933. The molecule has 1 unspecified atom stereocenters. The second kappa shape index (κ2) is 5.54. The molecular weight excluding hydrogens is 269 g/mol. The van der Waals surface area contributed by atoms with Crippen molar-refractivity contribution in [3.63, 3.8) is 0 Å². The summed E-state index contributed by atoms with van der Waals surface area (Å²) >= 11 is 0. The van der Waals surface area contributed by atoms with E-state index >= 15 is 0 Å². The fourth-order valence-corrected chi connectivity index (χ4v) is 2.01. The topological polar surface area (TPSA) is 29.5 Å². The standard InChI is InChI=1S/C15H13F3O2/c1-8-6-9(12(18)7-11(8)17)15(19)14-10(16)4-3-5-13(14)20-2/h3-7,15,19H,1-2H3. The molecule has 0 saturated heterocycles. The Labute approximate surface area is 114 Å². The average Bonchev–Trinajstić information content (AvgIpc) is 2.41. The summed E-state index contributed by atoms with van der Waals surface area (Å²) in [5, 5.41) is 10.2. The molecule has 1 atom stereocenters. The minimum Gasteiger partial charge on any atom is -0.496 e. The molecule has 0 heterocycles. The van der Waals surface area contributed by atoms with Crippen LogP contribution < -0.4 is 4.74 Å². The number of ether oxygens (including phenoxy) is 1. The van der Waals surface area contributed by atoms with Gasteiger partial charge in [-0.05, 0) is 30.7 Å². The lowest BCUT2D eigenvalue weighted by Crippen LogP contribution is -2.08. The zero-order valence-corrected chi connectivity index (χ0v) is 11.0. The van der Waals surface area contributed by atoms with Crippen molar-refractivity contribution in [1.82, 2.24) is 0 Å². The number of rotatable bonds is 3. The van der Waals surface area contributed by atoms with Crippen LogP contribution in [0.1, 0.15) is 22.8 Å². The van der Waals surface area contributed by atoms with Crippen molar-refractivity contribution in [2.75, 3.05) is 7.11 Å². The van der Waals surface area contributed by atoms with E-state index in [1.54, 1.807) is 0 Å². The molecule has 0 saturated carbocycles. The lowest BCUT2D eigenvalue weighted by Gasteiger charge is -2.17. The van der Waals surface area contributed by atoms with Gasteiger partial charge in [-0.25, -0.2) is 13.2 Å². The normalized spacial score (nSPS) is 12.3. The van der Waals surface area contributed by atoms with Gasteiger partial charge in [-0.3, -0.25) is 0 Å². The Kier molecular flexibility index (Phi) is 3.99. The van der Waals surface area contributed by atoms with E-state index in [1.807, 2.05) is 0 Å². The zero-order chi connectivity index (χ0) is 14.9. The van der Waals surface area contributed by atoms with Gasteiger partial charge in [0.25, 0.3) is 0 Å². The molecule has 0 aliphatic carbocycles. The van der Waals surface area contributed by atoms with Gasteiger partial charge < -0.3 is 9.84 Å². The molecule has 5 heteroatoms. The molecule has 0 radical (unpaired) electrons. The molecule has 2 nitrogen and oxygen atoms in total. The van der Waals surface area contributed by atoms with Gasteiger partial charge in [0, 0.05) is 11.6 Å². The highest BCUT2D eigenvalue weighted by Crippen LogP contribution is 2.34. The summed E-state index contributed by atoms with van der Waals surface area (Å²) in [6, 6.07) is 5.82. The van der Waals surface area contributed by atoms with Crippen molar-refractivity contribution >= 4 is 0 Å². The molecule has 20 heavy (non-hydrogen) atoms. The molecule has 2 rings (SSSR count). The number of methoxy groups -OCH3 is 1. The van der Waals surface area contributed by atoms with Crippen LogP contribution in [-0.2, 0) is 0 Å². The smallest absolute Gasteiger partial charge is 0.133 e. The van der Waals surface area contributed by atoms with Crippen LogP contribution in [0.3, 0.4) is 0 Å². The summed E-state index contributed by atoms with van der Waals surface area (Å²) < 4.78 is 45.8. The number of benzene rings is 2. The van der Waals surface area contributed by atoms with Crippen LogP contribution >= 0.6 is 0 Å². The Bertz CT molecular complexity index is 641. The van der Waals surface area contributed by atoms with Crippen molar-refractivity contribution in [2.24, 2.45) is 0 Å². The van der Waals surface area contributed by atoms with E-state index in [-0.39, 0.29) is 22.4 Å². The van der Waals surface area contributed by atoms with Gasteiger partial charge >= 0.3 is 0 Å². The lowest BCUT2D eigenvalue weighted by molar-refractivity contribution is 0.203. The molecule has 0 fully saturated rings. The van der Waals surface area contributed by atoms with E-state index < -0.39 is 23.6 Å². The lowest BCUT2D eigenvalue weighted by atomic mass is 9.98. The zero-order valence-electron chi connectivity index (χ0n) is 11.0. The minimum absolute atomic E-state index is 0.0962. The molecule has 0 bridgehead atoms. The van der Waals surface area contributed by atoms with Gasteiger partial charge in [0.1, 0.15) is 29.3 Å². The highest BCUT2D eigenvalue weighted by Gasteiger charge is 2.23. The van der Waals surface area contributed by atoms with Crippen LogP contribution in [0.4, 0.5) is 13.2 Å². The van der Waals surface area contributed by atoms with E-state index in [1.165, 1.54) is 26.2 Å². The first-order chi connectivity index (χ1) is 9.45. The largest absolute Gasteiger partial charge is 0.496 e. The molecule has 2 aromatic rings. The van der Waals surface area contributed by atoms with E-state index in [4.69, 9.17) is 4.74 Å². The first-order valence-corrected chi connectivity index (χ1v) is 5.91. The summed E-state index contributed by atoms with van der Waals surface area (Å²) in [6.45, 7) is 1.43. The van der Waals surface area contributed by atoms with Crippen LogP contribution in [0, 0.1) is 24.4 Å². The Hall–Kier alpha value is -2.01. The van der Waals surface area contributed by atoms with Crippen LogP contribution in [-0.4, -0.2) is 12.2 Å². The van der Waals surface area contributed by atoms with Crippen molar-refractivity contribution in [3.8, 4) is 5.75 Å². The maximum absolute atomic E-state index is 13.8. The van der Waals surface area contributed by atoms with Crippen molar-refractivity contribution < 1.29 is 23.0 Å². The molecule has 2 aromatic carbocycles. The molecule has 0 aliphatic heterocycles. The van der Waals surface area contributed by atoms with Crippen LogP contribution in [0.25, 0.3) is 0 Å². The molecule has 0 amide bonds. The molecule has 1 N–H and O–H groups in total. The monoisotopic (exact) mass is 282 g/mol. The van der Waals surface area contributed by atoms with E-state index in [9.17, 15) is 18.3 Å². The number of hydrogen-bond donors (Lipinski definition) is 1. The predicted octanol–water partition coefficient (Wildman–Crippen LogP) is 3.50. The van der Waals surface area contributed by atoms with E-state index in [0.717, 1.165) is 12.1 Å². The maximum atomic E-state index is 13.8.